The van der Waals surface area contributed by atoms with Crippen LogP contribution in [0.5, 0.6) is 0 Å². The first-order valence-electron chi connectivity index (χ1n) is 3.87. The molecule has 0 spiro atoms. The van der Waals surface area contributed by atoms with Crippen LogP contribution in [0, 0.1) is 6.92 Å². The molecule has 0 saturated heterocycles. The second kappa shape index (κ2) is 3.43. The summed E-state index contributed by atoms with van der Waals surface area (Å²) in [6, 6.07) is 3.66. The third-order valence-corrected chi connectivity index (χ3v) is 1.73. The molecular formula is C9H12O3. The number of rotatable bonds is 3. The Hall–Kier alpha value is -1.25. The first kappa shape index (κ1) is 8.84. The van der Waals surface area contributed by atoms with Gasteiger partial charge in [-0.25, -0.2) is 0 Å². The summed E-state index contributed by atoms with van der Waals surface area (Å²) in [5.74, 6) is 0.727. The molecule has 66 valence electrons. The highest BCUT2D eigenvalue weighted by Crippen LogP contribution is 2.20. The lowest BCUT2D eigenvalue weighted by Gasteiger charge is -2.03. The second-order valence-corrected chi connectivity index (χ2v) is 2.95. The average molecular weight is 168 g/mol. The monoisotopic (exact) mass is 168 g/mol. The molecule has 1 aromatic rings. The Balaban J connectivity index is 2.64. The quantitative estimate of drug-likeness (QED) is 0.752. The number of carbonyl (C=O) groups is 1. The standard InChI is InChI=1S/C9H12O3/c1-6(5-9(10)11)8-4-3-7(2)12-8/h3-4,6H,5H2,1-2H3,(H,10,11). The summed E-state index contributed by atoms with van der Waals surface area (Å²) in [6.07, 6.45) is 0.118. The minimum Gasteiger partial charge on any atom is -0.481 e. The minimum absolute atomic E-state index is 0.0452. The van der Waals surface area contributed by atoms with Gasteiger partial charge in [0.05, 0.1) is 6.42 Å². The number of hydrogen-bond acceptors (Lipinski definition) is 2. The molecule has 3 nitrogen and oxygen atoms in total. The van der Waals surface area contributed by atoms with E-state index in [-0.39, 0.29) is 12.3 Å². The fourth-order valence-corrected chi connectivity index (χ4v) is 1.08. The van der Waals surface area contributed by atoms with Gasteiger partial charge in [0.25, 0.3) is 0 Å². The molecule has 1 N–H and O–H groups in total. The van der Waals surface area contributed by atoms with Crippen molar-refractivity contribution < 1.29 is 14.3 Å². The molecule has 1 rings (SSSR count). The van der Waals surface area contributed by atoms with Crippen LogP contribution in [0.1, 0.15) is 30.8 Å². The highest BCUT2D eigenvalue weighted by atomic mass is 16.4. The number of carboxylic acids is 1. The Morgan fingerprint density at radius 2 is 2.33 bits per heavy atom. The smallest absolute Gasteiger partial charge is 0.304 e. The molecule has 0 amide bonds. The number of furan rings is 1. The summed E-state index contributed by atoms with van der Waals surface area (Å²) in [5, 5.41) is 8.51. The molecule has 1 unspecified atom stereocenters. The topological polar surface area (TPSA) is 50.4 Å². The van der Waals surface area contributed by atoms with Crippen molar-refractivity contribution >= 4 is 5.97 Å². The van der Waals surface area contributed by atoms with Crippen LogP contribution in [0.2, 0.25) is 0 Å². The molecule has 0 bridgehead atoms. The molecule has 0 radical (unpaired) electrons. The first-order valence-corrected chi connectivity index (χ1v) is 3.87. The van der Waals surface area contributed by atoms with Gasteiger partial charge < -0.3 is 9.52 Å². The van der Waals surface area contributed by atoms with Crippen molar-refractivity contribution in [2.24, 2.45) is 0 Å². The second-order valence-electron chi connectivity index (χ2n) is 2.95. The van der Waals surface area contributed by atoms with Gasteiger partial charge in [-0.2, -0.15) is 0 Å². The van der Waals surface area contributed by atoms with Crippen LogP contribution in [0.3, 0.4) is 0 Å². The zero-order valence-electron chi connectivity index (χ0n) is 7.20. The van der Waals surface area contributed by atoms with Gasteiger partial charge in [-0.05, 0) is 19.1 Å². The van der Waals surface area contributed by atoms with E-state index in [9.17, 15) is 4.79 Å². The third-order valence-electron chi connectivity index (χ3n) is 1.73. The predicted molar refractivity (Wildman–Crippen MR) is 44.1 cm³/mol. The predicted octanol–water partition coefficient (Wildman–Crippen LogP) is 2.17. The summed E-state index contributed by atoms with van der Waals surface area (Å²) in [4.78, 5) is 10.3. The van der Waals surface area contributed by atoms with Crippen LogP contribution in [0.15, 0.2) is 16.5 Å². The van der Waals surface area contributed by atoms with Gasteiger partial charge in [-0.15, -0.1) is 0 Å². The lowest BCUT2D eigenvalue weighted by molar-refractivity contribution is -0.137. The molecule has 3 heteroatoms. The summed E-state index contributed by atoms with van der Waals surface area (Å²) in [6.45, 7) is 3.68. The van der Waals surface area contributed by atoms with Gasteiger partial charge in [0.1, 0.15) is 11.5 Å². The van der Waals surface area contributed by atoms with Gasteiger partial charge in [0, 0.05) is 5.92 Å². The largest absolute Gasteiger partial charge is 0.481 e. The van der Waals surface area contributed by atoms with Crippen LogP contribution in [0.4, 0.5) is 0 Å². The minimum atomic E-state index is -0.795. The van der Waals surface area contributed by atoms with E-state index < -0.39 is 5.97 Å². The zero-order valence-corrected chi connectivity index (χ0v) is 7.20. The molecule has 0 aliphatic heterocycles. The van der Waals surface area contributed by atoms with E-state index in [0.717, 1.165) is 11.5 Å². The SMILES string of the molecule is Cc1ccc(C(C)CC(=O)O)o1. The Kier molecular flexibility index (Phi) is 2.53. The van der Waals surface area contributed by atoms with Gasteiger partial charge in [-0.1, -0.05) is 6.92 Å². The van der Waals surface area contributed by atoms with E-state index in [1.807, 2.05) is 26.0 Å². The lowest BCUT2D eigenvalue weighted by atomic mass is 10.1. The molecule has 0 fully saturated rings. The van der Waals surface area contributed by atoms with Crippen molar-refractivity contribution in [3.63, 3.8) is 0 Å². The zero-order chi connectivity index (χ0) is 9.14. The van der Waals surface area contributed by atoms with Gasteiger partial charge >= 0.3 is 5.97 Å². The number of carboxylic acid groups (broad SMARTS) is 1. The summed E-state index contributed by atoms with van der Waals surface area (Å²) >= 11 is 0. The maximum Gasteiger partial charge on any atom is 0.304 e. The van der Waals surface area contributed by atoms with Gasteiger partial charge in [0.2, 0.25) is 0 Å². The molecule has 0 saturated carbocycles. The van der Waals surface area contributed by atoms with Crippen LogP contribution in [-0.2, 0) is 4.79 Å². The molecule has 0 aromatic carbocycles. The fourth-order valence-electron chi connectivity index (χ4n) is 1.08. The number of hydrogen-bond donors (Lipinski definition) is 1. The molecule has 12 heavy (non-hydrogen) atoms. The Morgan fingerprint density at radius 3 is 2.75 bits per heavy atom. The molecular weight excluding hydrogens is 156 g/mol. The first-order chi connectivity index (χ1) is 5.59. The van der Waals surface area contributed by atoms with Gasteiger partial charge in [-0.3, -0.25) is 4.79 Å². The Labute approximate surface area is 71.0 Å². The summed E-state index contributed by atoms with van der Waals surface area (Å²) in [7, 11) is 0. The maximum absolute atomic E-state index is 10.3. The van der Waals surface area contributed by atoms with Gasteiger partial charge in [0.15, 0.2) is 0 Å². The molecule has 1 atom stereocenters. The average Bonchev–Trinajstić information content (AvgIpc) is 2.34. The van der Waals surface area contributed by atoms with Crippen molar-refractivity contribution in [3.8, 4) is 0 Å². The normalized spacial score (nSPS) is 12.8. The van der Waals surface area contributed by atoms with Crippen molar-refractivity contribution in [1.82, 2.24) is 0 Å². The molecule has 1 aromatic heterocycles. The van der Waals surface area contributed by atoms with E-state index in [1.54, 1.807) is 0 Å². The maximum atomic E-state index is 10.3. The van der Waals surface area contributed by atoms with E-state index in [0.29, 0.717) is 0 Å². The van der Waals surface area contributed by atoms with Crippen molar-refractivity contribution in [1.29, 1.82) is 0 Å². The fraction of sp³-hybridized carbons (Fsp3) is 0.444. The highest BCUT2D eigenvalue weighted by molar-refractivity contribution is 5.67. The van der Waals surface area contributed by atoms with Crippen molar-refractivity contribution in [3.05, 3.63) is 23.7 Å². The van der Waals surface area contributed by atoms with Crippen LogP contribution in [0.25, 0.3) is 0 Å². The Morgan fingerprint density at radius 1 is 1.67 bits per heavy atom. The third kappa shape index (κ3) is 2.12. The molecule has 0 aliphatic rings. The van der Waals surface area contributed by atoms with Crippen LogP contribution in [-0.4, -0.2) is 11.1 Å². The number of aryl methyl sites for hydroxylation is 1. The Bertz CT molecular complexity index is 275. The summed E-state index contributed by atoms with van der Waals surface area (Å²) in [5.41, 5.74) is 0. The lowest BCUT2D eigenvalue weighted by Crippen LogP contribution is -2.01. The summed E-state index contributed by atoms with van der Waals surface area (Å²) < 4.78 is 5.28. The van der Waals surface area contributed by atoms with E-state index in [2.05, 4.69) is 0 Å². The van der Waals surface area contributed by atoms with E-state index >= 15 is 0 Å². The highest BCUT2D eigenvalue weighted by Gasteiger charge is 2.12. The number of aliphatic carboxylic acids is 1. The van der Waals surface area contributed by atoms with Crippen LogP contribution >= 0.6 is 0 Å². The molecule has 0 aliphatic carbocycles. The van der Waals surface area contributed by atoms with Crippen molar-refractivity contribution in [2.45, 2.75) is 26.2 Å². The molecule has 1 heterocycles. The van der Waals surface area contributed by atoms with E-state index in [1.165, 1.54) is 0 Å². The van der Waals surface area contributed by atoms with E-state index in [4.69, 9.17) is 9.52 Å². The van der Waals surface area contributed by atoms with Crippen molar-refractivity contribution in [2.75, 3.05) is 0 Å². The van der Waals surface area contributed by atoms with Crippen LogP contribution < -0.4 is 0 Å².